The van der Waals surface area contributed by atoms with Crippen LogP contribution in [0.4, 0.5) is 0 Å². The minimum absolute atomic E-state index is 0.0840. The van der Waals surface area contributed by atoms with Crippen molar-refractivity contribution in [2.45, 2.75) is 39.4 Å². The summed E-state index contributed by atoms with van der Waals surface area (Å²) in [5.74, 6) is 0.874. The Morgan fingerprint density at radius 1 is 1.50 bits per heavy atom. The molecule has 1 aromatic rings. The first-order chi connectivity index (χ1) is 7.36. The molecular formula is C12H22N2O2. The molecule has 1 heterocycles. The maximum atomic E-state index is 10.2. The number of aryl methyl sites for hydroxylation is 1. The number of hydrogen-bond donors (Lipinski definition) is 1. The zero-order chi connectivity index (χ0) is 12.3. The van der Waals surface area contributed by atoms with E-state index in [0.717, 1.165) is 5.82 Å². The van der Waals surface area contributed by atoms with E-state index in [-0.39, 0.29) is 11.5 Å². The van der Waals surface area contributed by atoms with Crippen LogP contribution in [-0.4, -0.2) is 34.0 Å². The van der Waals surface area contributed by atoms with Gasteiger partial charge >= 0.3 is 0 Å². The van der Waals surface area contributed by atoms with E-state index in [9.17, 15) is 5.11 Å². The van der Waals surface area contributed by atoms with Gasteiger partial charge in [-0.2, -0.15) is 0 Å². The van der Waals surface area contributed by atoms with E-state index in [4.69, 9.17) is 4.74 Å². The van der Waals surface area contributed by atoms with Crippen molar-refractivity contribution in [3.8, 4) is 0 Å². The zero-order valence-electron chi connectivity index (χ0n) is 10.8. The number of ether oxygens (including phenoxy) is 1. The summed E-state index contributed by atoms with van der Waals surface area (Å²) in [5, 5.41) is 10.2. The highest BCUT2D eigenvalue weighted by Gasteiger charge is 2.31. The molecule has 1 N–H and O–H groups in total. The normalized spacial score (nSPS) is 16.1. The monoisotopic (exact) mass is 226 g/mol. The SMILES string of the molecule is COC(C(O)Cc1nccn1C)C(C)(C)C. The molecule has 4 heteroatoms. The molecule has 1 rings (SSSR count). The summed E-state index contributed by atoms with van der Waals surface area (Å²) in [5.41, 5.74) is -0.0840. The summed E-state index contributed by atoms with van der Waals surface area (Å²) in [6, 6.07) is 0. The van der Waals surface area contributed by atoms with E-state index < -0.39 is 6.10 Å². The van der Waals surface area contributed by atoms with Crippen LogP contribution in [0.5, 0.6) is 0 Å². The first-order valence-corrected chi connectivity index (χ1v) is 5.53. The van der Waals surface area contributed by atoms with Crippen molar-refractivity contribution in [3.63, 3.8) is 0 Å². The van der Waals surface area contributed by atoms with Crippen molar-refractivity contribution in [1.29, 1.82) is 0 Å². The highest BCUT2D eigenvalue weighted by Crippen LogP contribution is 2.25. The predicted molar refractivity (Wildman–Crippen MR) is 63.2 cm³/mol. The topological polar surface area (TPSA) is 47.3 Å². The highest BCUT2D eigenvalue weighted by atomic mass is 16.5. The van der Waals surface area contributed by atoms with E-state index >= 15 is 0 Å². The molecule has 0 saturated heterocycles. The van der Waals surface area contributed by atoms with Gasteiger partial charge < -0.3 is 14.4 Å². The lowest BCUT2D eigenvalue weighted by Gasteiger charge is -2.33. The predicted octanol–water partition coefficient (Wildman–Crippen LogP) is 1.38. The van der Waals surface area contributed by atoms with Gasteiger partial charge in [0.1, 0.15) is 5.82 Å². The van der Waals surface area contributed by atoms with Gasteiger partial charge in [-0.3, -0.25) is 0 Å². The second-order valence-electron chi connectivity index (χ2n) is 5.25. The molecule has 0 amide bonds. The molecule has 0 fully saturated rings. The minimum atomic E-state index is -0.536. The molecule has 92 valence electrons. The Morgan fingerprint density at radius 2 is 2.12 bits per heavy atom. The Kier molecular flexibility index (Phi) is 4.10. The van der Waals surface area contributed by atoms with E-state index in [0.29, 0.717) is 6.42 Å². The summed E-state index contributed by atoms with van der Waals surface area (Å²) in [6.07, 6.45) is 3.40. The van der Waals surface area contributed by atoms with Crippen molar-refractivity contribution in [1.82, 2.24) is 9.55 Å². The molecule has 0 aromatic carbocycles. The number of methoxy groups -OCH3 is 1. The van der Waals surface area contributed by atoms with Crippen LogP contribution in [0.25, 0.3) is 0 Å². The molecule has 0 aliphatic carbocycles. The van der Waals surface area contributed by atoms with Crippen molar-refractivity contribution in [2.75, 3.05) is 7.11 Å². The maximum absolute atomic E-state index is 10.2. The van der Waals surface area contributed by atoms with Gasteiger partial charge in [0.15, 0.2) is 0 Å². The number of aromatic nitrogens is 2. The Hall–Kier alpha value is -0.870. The third-order valence-electron chi connectivity index (χ3n) is 2.77. The van der Waals surface area contributed by atoms with Gasteiger partial charge in [0.2, 0.25) is 0 Å². The lowest BCUT2D eigenvalue weighted by atomic mass is 9.84. The van der Waals surface area contributed by atoms with Crippen molar-refractivity contribution in [2.24, 2.45) is 12.5 Å². The molecule has 0 bridgehead atoms. The van der Waals surface area contributed by atoms with Crippen molar-refractivity contribution < 1.29 is 9.84 Å². The number of rotatable bonds is 4. The van der Waals surface area contributed by atoms with Crippen LogP contribution in [0.1, 0.15) is 26.6 Å². The molecular weight excluding hydrogens is 204 g/mol. The second kappa shape index (κ2) is 4.97. The molecule has 0 spiro atoms. The van der Waals surface area contributed by atoms with E-state index in [1.807, 2.05) is 17.8 Å². The van der Waals surface area contributed by atoms with Crippen LogP contribution >= 0.6 is 0 Å². The van der Waals surface area contributed by atoms with Gasteiger partial charge in [-0.05, 0) is 5.41 Å². The Morgan fingerprint density at radius 3 is 2.50 bits per heavy atom. The first-order valence-electron chi connectivity index (χ1n) is 5.53. The lowest BCUT2D eigenvalue weighted by Crippen LogP contribution is -2.41. The molecule has 1 aromatic heterocycles. The number of hydrogen-bond acceptors (Lipinski definition) is 3. The number of imidazole rings is 1. The number of aliphatic hydroxyl groups excluding tert-OH is 1. The largest absolute Gasteiger partial charge is 0.390 e. The number of nitrogens with zero attached hydrogens (tertiary/aromatic N) is 2. The maximum Gasteiger partial charge on any atom is 0.111 e. The average Bonchev–Trinajstić information content (AvgIpc) is 2.50. The van der Waals surface area contributed by atoms with Gasteiger partial charge in [0.05, 0.1) is 12.2 Å². The molecule has 0 aliphatic rings. The van der Waals surface area contributed by atoms with Gasteiger partial charge in [0.25, 0.3) is 0 Å². The quantitative estimate of drug-likeness (QED) is 0.844. The smallest absolute Gasteiger partial charge is 0.111 e. The van der Waals surface area contributed by atoms with Gasteiger partial charge in [-0.1, -0.05) is 20.8 Å². The fourth-order valence-electron chi connectivity index (χ4n) is 1.98. The number of aliphatic hydroxyl groups is 1. The molecule has 0 aliphatic heterocycles. The molecule has 2 atom stereocenters. The van der Waals surface area contributed by atoms with Crippen LogP contribution < -0.4 is 0 Å². The van der Waals surface area contributed by atoms with E-state index in [1.165, 1.54) is 0 Å². The third-order valence-corrected chi connectivity index (χ3v) is 2.77. The van der Waals surface area contributed by atoms with Crippen molar-refractivity contribution in [3.05, 3.63) is 18.2 Å². The van der Waals surface area contributed by atoms with Crippen LogP contribution in [0, 0.1) is 5.41 Å². The Labute approximate surface area is 97.3 Å². The molecule has 2 unspecified atom stereocenters. The van der Waals surface area contributed by atoms with E-state index in [1.54, 1.807) is 13.3 Å². The van der Waals surface area contributed by atoms with Gasteiger partial charge in [0, 0.05) is 33.0 Å². The third kappa shape index (κ3) is 3.06. The van der Waals surface area contributed by atoms with Crippen LogP contribution in [0.15, 0.2) is 12.4 Å². The van der Waals surface area contributed by atoms with Gasteiger partial charge in [-0.15, -0.1) is 0 Å². The van der Waals surface area contributed by atoms with Crippen LogP contribution in [0.2, 0.25) is 0 Å². The summed E-state index contributed by atoms with van der Waals surface area (Å²) >= 11 is 0. The van der Waals surface area contributed by atoms with Gasteiger partial charge in [-0.25, -0.2) is 4.98 Å². The zero-order valence-corrected chi connectivity index (χ0v) is 10.8. The van der Waals surface area contributed by atoms with E-state index in [2.05, 4.69) is 25.8 Å². The molecule has 4 nitrogen and oxygen atoms in total. The fraction of sp³-hybridized carbons (Fsp3) is 0.750. The second-order valence-corrected chi connectivity index (χ2v) is 5.25. The summed E-state index contributed by atoms with van der Waals surface area (Å²) in [6.45, 7) is 6.18. The lowest BCUT2D eigenvalue weighted by molar-refractivity contribution is -0.0707. The van der Waals surface area contributed by atoms with Crippen LogP contribution in [-0.2, 0) is 18.2 Å². The minimum Gasteiger partial charge on any atom is -0.390 e. The Bertz CT molecular complexity index is 328. The highest BCUT2D eigenvalue weighted by molar-refractivity contribution is 4.96. The first kappa shape index (κ1) is 13.2. The molecule has 0 saturated carbocycles. The molecule has 16 heavy (non-hydrogen) atoms. The summed E-state index contributed by atoms with van der Waals surface area (Å²) < 4.78 is 7.29. The fourth-order valence-corrected chi connectivity index (χ4v) is 1.98. The van der Waals surface area contributed by atoms with Crippen molar-refractivity contribution >= 4 is 0 Å². The average molecular weight is 226 g/mol. The summed E-state index contributed by atoms with van der Waals surface area (Å²) in [4.78, 5) is 4.20. The standard InChI is InChI=1S/C12H22N2O2/c1-12(2,3)11(16-5)9(15)8-10-13-6-7-14(10)4/h6-7,9,11,15H,8H2,1-5H3. The molecule has 0 radical (unpaired) electrons. The Balaban J connectivity index is 2.71. The summed E-state index contributed by atoms with van der Waals surface area (Å²) in [7, 11) is 3.56. The van der Waals surface area contributed by atoms with Crippen LogP contribution in [0.3, 0.4) is 0 Å².